The number of ether oxygens (including phenoxy) is 1. The third-order valence-corrected chi connectivity index (χ3v) is 5.01. The Morgan fingerprint density at radius 3 is 2.47 bits per heavy atom. The predicted molar refractivity (Wildman–Crippen MR) is 112 cm³/mol. The van der Waals surface area contributed by atoms with E-state index in [0.717, 1.165) is 16.5 Å². The Morgan fingerprint density at radius 2 is 1.80 bits per heavy atom. The summed E-state index contributed by atoms with van der Waals surface area (Å²) in [7, 11) is 0. The van der Waals surface area contributed by atoms with Gasteiger partial charge in [-0.3, -0.25) is 4.79 Å². The van der Waals surface area contributed by atoms with Gasteiger partial charge in [0.1, 0.15) is 17.4 Å². The topological polar surface area (TPSA) is 106 Å². The van der Waals surface area contributed by atoms with Gasteiger partial charge in [-0.05, 0) is 44.0 Å². The average molecular weight is 409 g/mol. The molecule has 3 rings (SSSR count). The number of amides is 1. The molecule has 7 nitrogen and oxygen atoms in total. The first-order valence-electron chi connectivity index (χ1n) is 9.54. The summed E-state index contributed by atoms with van der Waals surface area (Å²) < 4.78 is 11.0. The lowest BCUT2D eigenvalue weighted by Gasteiger charge is -2.19. The molecular formula is C23H23NO6. The van der Waals surface area contributed by atoms with Gasteiger partial charge in [0.2, 0.25) is 0 Å². The van der Waals surface area contributed by atoms with Crippen LogP contribution in [0.5, 0.6) is 5.75 Å². The van der Waals surface area contributed by atoms with Crippen LogP contribution in [-0.2, 0) is 16.0 Å². The van der Waals surface area contributed by atoms with E-state index >= 15 is 0 Å². The van der Waals surface area contributed by atoms with Crippen molar-refractivity contribution in [3.63, 3.8) is 0 Å². The van der Waals surface area contributed by atoms with Crippen LogP contribution in [0.1, 0.15) is 23.6 Å². The quantitative estimate of drug-likeness (QED) is 0.581. The molecule has 2 N–H and O–H groups in total. The number of carbonyl (C=O) groups is 2. The standard InChI is InChI=1S/C23H23NO6/c1-13-14(2)23(28)30-20-12-17(9-10-18(13)20)29-15(3)21(25)24-19(22(26)27)11-16-7-5-4-6-8-16/h4-10,12,15,19H,11H2,1-3H3,(H,24,25)(H,26,27). The van der Waals surface area contributed by atoms with E-state index in [4.69, 9.17) is 9.15 Å². The number of carboxylic acid groups (broad SMARTS) is 1. The minimum Gasteiger partial charge on any atom is -0.481 e. The largest absolute Gasteiger partial charge is 0.481 e. The fourth-order valence-corrected chi connectivity index (χ4v) is 3.10. The molecule has 0 fully saturated rings. The normalized spacial score (nSPS) is 12.9. The van der Waals surface area contributed by atoms with E-state index in [9.17, 15) is 19.5 Å². The van der Waals surface area contributed by atoms with Crippen LogP contribution in [0, 0.1) is 13.8 Å². The highest BCUT2D eigenvalue weighted by molar-refractivity contribution is 5.87. The predicted octanol–water partition coefficient (Wildman–Crippen LogP) is 2.99. The fourth-order valence-electron chi connectivity index (χ4n) is 3.10. The fraction of sp³-hybridized carbons (Fsp3) is 0.261. The first-order valence-corrected chi connectivity index (χ1v) is 9.54. The second kappa shape index (κ2) is 8.82. The molecule has 2 aromatic carbocycles. The molecule has 1 aromatic heterocycles. The van der Waals surface area contributed by atoms with Crippen molar-refractivity contribution in [3.05, 3.63) is 75.6 Å². The summed E-state index contributed by atoms with van der Waals surface area (Å²) in [6.07, 6.45) is -0.785. The maximum atomic E-state index is 12.5. The molecule has 0 aliphatic rings. The highest BCUT2D eigenvalue weighted by Crippen LogP contribution is 2.24. The maximum absolute atomic E-state index is 12.5. The van der Waals surface area contributed by atoms with Gasteiger partial charge >= 0.3 is 11.6 Å². The van der Waals surface area contributed by atoms with Gasteiger partial charge in [0.05, 0.1) is 0 Å². The minimum absolute atomic E-state index is 0.161. The van der Waals surface area contributed by atoms with Gasteiger partial charge in [0.15, 0.2) is 6.10 Å². The van der Waals surface area contributed by atoms with Gasteiger partial charge in [0, 0.05) is 23.4 Å². The molecule has 1 amide bonds. The Bertz CT molecular complexity index is 1140. The van der Waals surface area contributed by atoms with Crippen LogP contribution < -0.4 is 15.7 Å². The first kappa shape index (κ1) is 21.1. The summed E-state index contributed by atoms with van der Waals surface area (Å²) in [6, 6.07) is 13.0. The number of benzene rings is 2. The number of aryl methyl sites for hydroxylation is 1. The minimum atomic E-state index is -1.13. The molecule has 0 saturated carbocycles. The van der Waals surface area contributed by atoms with E-state index in [1.165, 1.54) is 6.92 Å². The lowest BCUT2D eigenvalue weighted by Crippen LogP contribution is -2.47. The van der Waals surface area contributed by atoms with E-state index in [1.807, 2.05) is 25.1 Å². The number of aliphatic carboxylic acids is 1. The monoisotopic (exact) mass is 409 g/mol. The summed E-state index contributed by atoms with van der Waals surface area (Å²) >= 11 is 0. The average Bonchev–Trinajstić information content (AvgIpc) is 2.72. The molecule has 0 bridgehead atoms. The molecule has 0 spiro atoms. The molecule has 2 unspecified atom stereocenters. The summed E-state index contributed by atoms with van der Waals surface area (Å²) in [4.78, 5) is 36.0. The Balaban J connectivity index is 1.72. The number of fused-ring (bicyclic) bond motifs is 1. The van der Waals surface area contributed by atoms with Gasteiger partial charge < -0.3 is 19.6 Å². The summed E-state index contributed by atoms with van der Waals surface area (Å²) in [5.74, 6) is -1.34. The SMILES string of the molecule is Cc1c(C)c2ccc(OC(C)C(=O)NC(Cc3ccccc3)C(=O)O)cc2oc1=O. The summed E-state index contributed by atoms with van der Waals surface area (Å²) in [5.41, 5.74) is 2.11. The van der Waals surface area contributed by atoms with Crippen LogP contribution in [0.4, 0.5) is 0 Å². The van der Waals surface area contributed by atoms with Gasteiger partial charge in [-0.1, -0.05) is 30.3 Å². The zero-order valence-corrected chi connectivity index (χ0v) is 17.0. The smallest absolute Gasteiger partial charge is 0.339 e. The molecule has 3 aromatic rings. The van der Waals surface area contributed by atoms with Gasteiger partial charge in [-0.2, -0.15) is 0 Å². The van der Waals surface area contributed by atoms with Crippen molar-refractivity contribution >= 4 is 22.8 Å². The highest BCUT2D eigenvalue weighted by Gasteiger charge is 2.24. The zero-order valence-electron chi connectivity index (χ0n) is 17.0. The van der Waals surface area contributed by atoms with Crippen LogP contribution in [-0.4, -0.2) is 29.1 Å². The number of carboxylic acids is 1. The molecule has 156 valence electrons. The van der Waals surface area contributed by atoms with Crippen LogP contribution >= 0.6 is 0 Å². The van der Waals surface area contributed by atoms with Gasteiger partial charge in [-0.25, -0.2) is 9.59 Å². The van der Waals surface area contributed by atoms with E-state index in [2.05, 4.69) is 5.32 Å². The van der Waals surface area contributed by atoms with E-state index in [-0.39, 0.29) is 6.42 Å². The Labute approximate surface area is 173 Å². The van der Waals surface area contributed by atoms with Crippen molar-refractivity contribution in [2.75, 3.05) is 0 Å². The second-order valence-electron chi connectivity index (χ2n) is 7.15. The Hall–Kier alpha value is -3.61. The molecule has 0 aliphatic heterocycles. The van der Waals surface area contributed by atoms with Gasteiger partial charge in [0.25, 0.3) is 5.91 Å². The molecule has 1 heterocycles. The lowest BCUT2D eigenvalue weighted by atomic mass is 10.1. The van der Waals surface area contributed by atoms with Crippen LogP contribution in [0.3, 0.4) is 0 Å². The second-order valence-corrected chi connectivity index (χ2v) is 7.15. The number of rotatable bonds is 7. The van der Waals surface area contributed by atoms with E-state index < -0.39 is 29.6 Å². The summed E-state index contributed by atoms with van der Waals surface area (Å²) in [5, 5.41) is 12.7. The van der Waals surface area contributed by atoms with Crippen LogP contribution in [0.15, 0.2) is 57.7 Å². The van der Waals surface area contributed by atoms with Crippen LogP contribution in [0.2, 0.25) is 0 Å². The third kappa shape index (κ3) is 4.68. The number of hydrogen-bond acceptors (Lipinski definition) is 5. The molecule has 0 aliphatic carbocycles. The van der Waals surface area contributed by atoms with Crippen molar-refractivity contribution in [2.45, 2.75) is 39.3 Å². The molecule has 2 atom stereocenters. The maximum Gasteiger partial charge on any atom is 0.339 e. The number of hydrogen-bond donors (Lipinski definition) is 2. The van der Waals surface area contributed by atoms with Gasteiger partial charge in [-0.15, -0.1) is 0 Å². The third-order valence-electron chi connectivity index (χ3n) is 5.01. The Morgan fingerprint density at radius 1 is 1.10 bits per heavy atom. The first-order chi connectivity index (χ1) is 14.3. The molecular weight excluding hydrogens is 386 g/mol. The number of carbonyl (C=O) groups excluding carboxylic acids is 1. The van der Waals surface area contributed by atoms with Crippen molar-refractivity contribution < 1.29 is 23.8 Å². The highest BCUT2D eigenvalue weighted by atomic mass is 16.5. The van der Waals surface area contributed by atoms with Crippen molar-refractivity contribution in [1.82, 2.24) is 5.32 Å². The number of nitrogens with one attached hydrogen (secondary N) is 1. The molecule has 0 saturated heterocycles. The summed E-state index contributed by atoms with van der Waals surface area (Å²) in [6.45, 7) is 5.06. The van der Waals surface area contributed by atoms with E-state index in [1.54, 1.807) is 37.3 Å². The lowest BCUT2D eigenvalue weighted by molar-refractivity contribution is -0.142. The zero-order chi connectivity index (χ0) is 21.8. The molecule has 7 heteroatoms. The molecule has 30 heavy (non-hydrogen) atoms. The Kier molecular flexibility index (Phi) is 6.20. The van der Waals surface area contributed by atoms with Crippen molar-refractivity contribution in [2.24, 2.45) is 0 Å². The van der Waals surface area contributed by atoms with E-state index in [0.29, 0.717) is 16.9 Å². The van der Waals surface area contributed by atoms with Crippen molar-refractivity contribution in [1.29, 1.82) is 0 Å². The van der Waals surface area contributed by atoms with Crippen LogP contribution in [0.25, 0.3) is 11.0 Å². The van der Waals surface area contributed by atoms with Crippen molar-refractivity contribution in [3.8, 4) is 5.75 Å². The molecule has 0 radical (unpaired) electrons.